The molecule has 0 fully saturated rings. The lowest BCUT2D eigenvalue weighted by Gasteiger charge is -2.15. The van der Waals surface area contributed by atoms with Gasteiger partial charge in [-0.05, 0) is 29.4 Å². The van der Waals surface area contributed by atoms with Crippen LogP contribution in [0.2, 0.25) is 0 Å². The number of anilines is 1. The standard InChI is InChI=1S/C13H21N3OS.ClH/c1-4-18-8-10-5-6-15-11(7-10)16-13(17)12(14)9(2)3;/h5-7,9,12H,4,8,14H2,1-3H3,(H,15,16,17);1H/t12-;/m0./s1. The van der Waals surface area contributed by atoms with E-state index in [2.05, 4.69) is 17.2 Å². The topological polar surface area (TPSA) is 68.0 Å². The Hall–Kier alpha value is -0.780. The summed E-state index contributed by atoms with van der Waals surface area (Å²) >= 11 is 1.83. The Morgan fingerprint density at radius 1 is 1.53 bits per heavy atom. The lowest BCUT2D eigenvalue weighted by atomic mass is 10.1. The molecule has 3 N–H and O–H groups in total. The van der Waals surface area contributed by atoms with E-state index in [0.29, 0.717) is 5.82 Å². The molecule has 4 nitrogen and oxygen atoms in total. The van der Waals surface area contributed by atoms with Gasteiger partial charge in [-0.1, -0.05) is 20.8 Å². The molecule has 1 aromatic heterocycles. The third kappa shape index (κ3) is 6.27. The molecule has 108 valence electrons. The van der Waals surface area contributed by atoms with Gasteiger partial charge in [-0.25, -0.2) is 4.98 Å². The van der Waals surface area contributed by atoms with Crippen molar-refractivity contribution in [3.05, 3.63) is 23.9 Å². The first-order valence-corrected chi connectivity index (χ1v) is 7.29. The number of thioether (sulfide) groups is 1. The smallest absolute Gasteiger partial charge is 0.242 e. The number of hydrogen-bond donors (Lipinski definition) is 2. The predicted octanol–water partition coefficient (Wildman–Crippen LogP) is 2.68. The van der Waals surface area contributed by atoms with Gasteiger partial charge in [-0.3, -0.25) is 4.79 Å². The zero-order valence-corrected chi connectivity index (χ0v) is 13.2. The van der Waals surface area contributed by atoms with Crippen LogP contribution < -0.4 is 11.1 Å². The van der Waals surface area contributed by atoms with E-state index in [1.165, 1.54) is 0 Å². The first-order valence-electron chi connectivity index (χ1n) is 6.13. The van der Waals surface area contributed by atoms with Crippen molar-refractivity contribution in [1.29, 1.82) is 0 Å². The molecule has 1 atom stereocenters. The van der Waals surface area contributed by atoms with Gasteiger partial charge in [0.25, 0.3) is 0 Å². The molecule has 0 saturated heterocycles. The minimum atomic E-state index is -0.500. The molecular weight excluding hydrogens is 282 g/mol. The molecule has 0 aromatic carbocycles. The van der Waals surface area contributed by atoms with Crippen molar-refractivity contribution >= 4 is 35.9 Å². The second-order valence-corrected chi connectivity index (χ2v) is 5.72. The number of hydrogen-bond acceptors (Lipinski definition) is 4. The van der Waals surface area contributed by atoms with E-state index < -0.39 is 6.04 Å². The fourth-order valence-corrected chi connectivity index (χ4v) is 1.98. The lowest BCUT2D eigenvalue weighted by Crippen LogP contribution is -2.39. The summed E-state index contributed by atoms with van der Waals surface area (Å²) in [6, 6.07) is 3.36. The summed E-state index contributed by atoms with van der Waals surface area (Å²) in [5.74, 6) is 2.51. The van der Waals surface area contributed by atoms with Crippen LogP contribution in [-0.4, -0.2) is 22.7 Å². The molecule has 0 aliphatic rings. The summed E-state index contributed by atoms with van der Waals surface area (Å²) < 4.78 is 0. The number of halogens is 1. The van der Waals surface area contributed by atoms with Gasteiger partial charge in [0.1, 0.15) is 5.82 Å². The fourth-order valence-electron chi connectivity index (χ4n) is 1.36. The SMILES string of the molecule is CCSCc1ccnc(NC(=O)[C@@H](N)C(C)C)c1.Cl. The maximum atomic E-state index is 11.8. The molecule has 0 bridgehead atoms. The molecule has 1 heterocycles. The van der Waals surface area contributed by atoms with E-state index in [1.807, 2.05) is 37.7 Å². The van der Waals surface area contributed by atoms with Crippen LogP contribution in [0.25, 0.3) is 0 Å². The minimum Gasteiger partial charge on any atom is -0.320 e. The van der Waals surface area contributed by atoms with Crippen LogP contribution in [0.5, 0.6) is 0 Å². The molecule has 0 spiro atoms. The Labute approximate surface area is 125 Å². The van der Waals surface area contributed by atoms with Crippen molar-refractivity contribution in [2.24, 2.45) is 11.7 Å². The van der Waals surface area contributed by atoms with E-state index in [-0.39, 0.29) is 24.2 Å². The number of nitrogens with two attached hydrogens (primary N) is 1. The third-order valence-corrected chi connectivity index (χ3v) is 3.52. The van der Waals surface area contributed by atoms with Gasteiger partial charge in [-0.2, -0.15) is 11.8 Å². The maximum absolute atomic E-state index is 11.8. The number of amides is 1. The van der Waals surface area contributed by atoms with Crippen molar-refractivity contribution in [1.82, 2.24) is 4.98 Å². The summed E-state index contributed by atoms with van der Waals surface area (Å²) in [7, 11) is 0. The molecule has 1 rings (SSSR count). The minimum absolute atomic E-state index is 0. The van der Waals surface area contributed by atoms with Gasteiger partial charge in [0.2, 0.25) is 5.91 Å². The second-order valence-electron chi connectivity index (χ2n) is 4.45. The number of nitrogens with one attached hydrogen (secondary N) is 1. The zero-order valence-electron chi connectivity index (χ0n) is 11.6. The summed E-state index contributed by atoms with van der Waals surface area (Å²) in [5, 5.41) is 2.76. The highest BCUT2D eigenvalue weighted by molar-refractivity contribution is 7.98. The normalized spacial score (nSPS) is 11.8. The molecule has 0 saturated carbocycles. The van der Waals surface area contributed by atoms with Crippen LogP contribution in [0, 0.1) is 5.92 Å². The first kappa shape index (κ1) is 18.2. The molecule has 0 aliphatic carbocycles. The number of carbonyl (C=O) groups is 1. The van der Waals surface area contributed by atoms with Gasteiger partial charge in [-0.15, -0.1) is 12.4 Å². The predicted molar refractivity (Wildman–Crippen MR) is 84.8 cm³/mol. The van der Waals surface area contributed by atoms with Gasteiger partial charge in [0, 0.05) is 11.9 Å². The van der Waals surface area contributed by atoms with Crippen LogP contribution in [0.1, 0.15) is 26.3 Å². The molecule has 1 amide bonds. The highest BCUT2D eigenvalue weighted by atomic mass is 35.5. The summed E-state index contributed by atoms with van der Waals surface area (Å²) in [5.41, 5.74) is 6.94. The number of aromatic nitrogens is 1. The van der Waals surface area contributed by atoms with Gasteiger partial charge in [0.05, 0.1) is 6.04 Å². The molecule has 0 radical (unpaired) electrons. The van der Waals surface area contributed by atoms with E-state index in [4.69, 9.17) is 5.73 Å². The van der Waals surface area contributed by atoms with Crippen molar-refractivity contribution in [2.45, 2.75) is 32.6 Å². The third-order valence-electron chi connectivity index (χ3n) is 2.57. The highest BCUT2D eigenvalue weighted by Crippen LogP contribution is 2.14. The highest BCUT2D eigenvalue weighted by Gasteiger charge is 2.17. The van der Waals surface area contributed by atoms with Gasteiger partial charge in [0.15, 0.2) is 0 Å². The van der Waals surface area contributed by atoms with Crippen LogP contribution in [0.4, 0.5) is 5.82 Å². The number of carbonyl (C=O) groups excluding carboxylic acids is 1. The summed E-state index contributed by atoms with van der Waals surface area (Å²) in [6.45, 7) is 5.97. The second kappa shape index (κ2) is 9.18. The quantitative estimate of drug-likeness (QED) is 0.848. The molecule has 1 aromatic rings. The lowest BCUT2D eigenvalue weighted by molar-refractivity contribution is -0.118. The largest absolute Gasteiger partial charge is 0.320 e. The van der Waals surface area contributed by atoms with Gasteiger partial charge >= 0.3 is 0 Å². The Morgan fingerprint density at radius 2 is 2.21 bits per heavy atom. The van der Waals surface area contributed by atoms with E-state index in [0.717, 1.165) is 17.1 Å². The first-order chi connectivity index (χ1) is 8.54. The summed E-state index contributed by atoms with van der Waals surface area (Å²) in [4.78, 5) is 15.9. The van der Waals surface area contributed by atoms with Crippen molar-refractivity contribution in [3.8, 4) is 0 Å². The Bertz CT molecular complexity index is 401. The Kier molecular flexibility index (Phi) is 8.80. The van der Waals surface area contributed by atoms with Crippen LogP contribution >= 0.6 is 24.2 Å². The number of nitrogens with zero attached hydrogens (tertiary/aromatic N) is 1. The number of pyridine rings is 1. The van der Waals surface area contributed by atoms with Crippen molar-refractivity contribution < 1.29 is 4.79 Å². The average molecular weight is 304 g/mol. The molecule has 19 heavy (non-hydrogen) atoms. The fraction of sp³-hybridized carbons (Fsp3) is 0.538. The summed E-state index contributed by atoms with van der Waals surface area (Å²) in [6.07, 6.45) is 1.71. The Balaban J connectivity index is 0.00000324. The van der Waals surface area contributed by atoms with Crippen LogP contribution in [0.15, 0.2) is 18.3 Å². The molecular formula is C13H22ClN3OS. The monoisotopic (exact) mass is 303 g/mol. The molecule has 0 aliphatic heterocycles. The van der Waals surface area contributed by atoms with Crippen molar-refractivity contribution in [3.63, 3.8) is 0 Å². The molecule has 6 heteroatoms. The zero-order chi connectivity index (χ0) is 13.5. The maximum Gasteiger partial charge on any atom is 0.242 e. The van der Waals surface area contributed by atoms with Gasteiger partial charge < -0.3 is 11.1 Å². The number of rotatable bonds is 6. The molecule has 0 unspecified atom stereocenters. The van der Waals surface area contributed by atoms with Crippen LogP contribution in [-0.2, 0) is 10.5 Å². The van der Waals surface area contributed by atoms with Crippen LogP contribution in [0.3, 0.4) is 0 Å². The Morgan fingerprint density at radius 3 is 2.79 bits per heavy atom. The van der Waals surface area contributed by atoms with E-state index in [1.54, 1.807) is 6.20 Å². The van der Waals surface area contributed by atoms with E-state index >= 15 is 0 Å². The van der Waals surface area contributed by atoms with E-state index in [9.17, 15) is 4.79 Å². The average Bonchev–Trinajstić information content (AvgIpc) is 2.35. The van der Waals surface area contributed by atoms with Crippen molar-refractivity contribution in [2.75, 3.05) is 11.1 Å².